The molecule has 2 amide bonds. The Morgan fingerprint density at radius 1 is 1.35 bits per heavy atom. The zero-order valence-electron chi connectivity index (χ0n) is 14.1. The van der Waals surface area contributed by atoms with E-state index in [9.17, 15) is 9.59 Å². The number of amides is 2. The number of aryl methyl sites for hydroxylation is 1. The molecule has 0 aliphatic carbocycles. The van der Waals surface area contributed by atoms with Crippen molar-refractivity contribution >= 4 is 40.7 Å². The number of hydrogen-bond acceptors (Lipinski definition) is 4. The fourth-order valence-electron chi connectivity index (χ4n) is 3.02. The first kappa shape index (κ1) is 18.7. The molecule has 26 heavy (non-hydrogen) atoms. The van der Waals surface area contributed by atoms with Crippen molar-refractivity contribution in [3.8, 4) is 0 Å². The highest BCUT2D eigenvalue weighted by Gasteiger charge is 2.34. The number of carbonyl (C=O) groups excluding carboxylic acids is 2. The van der Waals surface area contributed by atoms with Crippen LogP contribution in [-0.2, 0) is 16.6 Å². The number of aromatic nitrogens is 2. The molecule has 0 spiro atoms. The highest BCUT2D eigenvalue weighted by molar-refractivity contribution is 6.35. The van der Waals surface area contributed by atoms with Crippen LogP contribution in [-0.4, -0.2) is 41.2 Å². The summed E-state index contributed by atoms with van der Waals surface area (Å²) in [7, 11) is 1.84. The van der Waals surface area contributed by atoms with Gasteiger partial charge in [0, 0.05) is 37.3 Å². The van der Waals surface area contributed by atoms with Crippen LogP contribution in [0.4, 0.5) is 5.69 Å². The second kappa shape index (κ2) is 8.07. The van der Waals surface area contributed by atoms with E-state index in [-0.39, 0.29) is 30.2 Å². The summed E-state index contributed by atoms with van der Waals surface area (Å²) < 4.78 is 1.71. The van der Waals surface area contributed by atoms with Gasteiger partial charge in [-0.05, 0) is 23.8 Å². The molecule has 1 aliphatic rings. The van der Waals surface area contributed by atoms with Crippen molar-refractivity contribution in [2.75, 3.05) is 25.0 Å². The average Bonchev–Trinajstić information content (AvgIpc) is 3.24. The molecule has 7 nitrogen and oxygen atoms in total. The van der Waals surface area contributed by atoms with Gasteiger partial charge in [-0.2, -0.15) is 5.10 Å². The topological polar surface area (TPSA) is 88.0 Å². The number of carbonyl (C=O) groups is 2. The Hall–Kier alpha value is -2.09. The number of hydrogen-bond donors (Lipinski definition) is 3. The summed E-state index contributed by atoms with van der Waals surface area (Å²) in [5, 5.41) is 13.6. The van der Waals surface area contributed by atoms with E-state index in [1.807, 2.05) is 13.2 Å². The second-order valence-corrected chi connectivity index (χ2v) is 7.05. The van der Waals surface area contributed by atoms with Crippen LogP contribution in [0.15, 0.2) is 30.6 Å². The Balaban J connectivity index is 1.56. The molecular weight excluding hydrogens is 377 g/mol. The fourth-order valence-corrected chi connectivity index (χ4v) is 3.36. The molecule has 2 heterocycles. The van der Waals surface area contributed by atoms with Crippen LogP contribution in [0.25, 0.3) is 0 Å². The molecule has 3 N–H and O–H groups in total. The molecule has 138 valence electrons. The van der Waals surface area contributed by atoms with Crippen molar-refractivity contribution in [2.24, 2.45) is 13.0 Å². The summed E-state index contributed by atoms with van der Waals surface area (Å²) in [4.78, 5) is 24.6. The first-order valence-corrected chi connectivity index (χ1v) is 8.91. The van der Waals surface area contributed by atoms with Crippen LogP contribution in [0.3, 0.4) is 0 Å². The van der Waals surface area contributed by atoms with Gasteiger partial charge in [0.15, 0.2) is 0 Å². The fraction of sp³-hybridized carbons (Fsp3) is 0.353. The first-order valence-electron chi connectivity index (χ1n) is 8.16. The molecule has 1 aromatic carbocycles. The molecule has 1 fully saturated rings. The summed E-state index contributed by atoms with van der Waals surface area (Å²) >= 11 is 11.9. The third kappa shape index (κ3) is 4.35. The summed E-state index contributed by atoms with van der Waals surface area (Å²) in [6.07, 6.45) is 3.68. The zero-order valence-corrected chi connectivity index (χ0v) is 15.6. The van der Waals surface area contributed by atoms with E-state index < -0.39 is 0 Å². The Kier molecular flexibility index (Phi) is 5.80. The van der Waals surface area contributed by atoms with E-state index in [4.69, 9.17) is 23.2 Å². The van der Waals surface area contributed by atoms with Crippen molar-refractivity contribution < 1.29 is 9.59 Å². The predicted molar refractivity (Wildman–Crippen MR) is 100 cm³/mol. The summed E-state index contributed by atoms with van der Waals surface area (Å²) in [5.41, 5.74) is 1.42. The summed E-state index contributed by atoms with van der Waals surface area (Å²) in [6.45, 7) is 1.12. The lowest BCUT2D eigenvalue weighted by molar-refractivity contribution is -0.127. The Morgan fingerprint density at radius 2 is 2.15 bits per heavy atom. The van der Waals surface area contributed by atoms with E-state index in [0.717, 1.165) is 5.56 Å². The van der Waals surface area contributed by atoms with Gasteiger partial charge in [-0.3, -0.25) is 14.3 Å². The van der Waals surface area contributed by atoms with Crippen molar-refractivity contribution in [2.45, 2.75) is 5.92 Å². The number of halogens is 2. The molecule has 0 bridgehead atoms. The van der Waals surface area contributed by atoms with E-state index in [1.165, 1.54) is 0 Å². The number of nitrogens with one attached hydrogen (secondary N) is 3. The molecular formula is C17H19Cl2N5O2. The predicted octanol–water partition coefficient (Wildman–Crippen LogP) is 1.78. The molecule has 0 saturated carbocycles. The molecule has 1 saturated heterocycles. The standard InChI is InChI=1S/C17H19Cl2N5O2/c1-24-9-10(5-22-24)12-6-20-7-13(12)17(26)21-8-16(25)23-15-4-11(18)2-3-14(15)19/h2-5,9,12-13,20H,6-8H2,1H3,(H,21,26)(H,23,25)/t12-,13+/m1/s1. The minimum atomic E-state index is -0.369. The monoisotopic (exact) mass is 395 g/mol. The largest absolute Gasteiger partial charge is 0.347 e. The van der Waals surface area contributed by atoms with Crippen molar-refractivity contribution in [3.63, 3.8) is 0 Å². The van der Waals surface area contributed by atoms with E-state index in [2.05, 4.69) is 21.0 Å². The molecule has 1 aromatic heterocycles. The molecule has 2 aromatic rings. The Labute approximate surface area is 161 Å². The highest BCUT2D eigenvalue weighted by atomic mass is 35.5. The minimum absolute atomic E-state index is 0.0362. The van der Waals surface area contributed by atoms with Crippen LogP contribution in [0.1, 0.15) is 11.5 Å². The minimum Gasteiger partial charge on any atom is -0.347 e. The van der Waals surface area contributed by atoms with E-state index in [1.54, 1.807) is 29.1 Å². The van der Waals surface area contributed by atoms with Gasteiger partial charge < -0.3 is 16.0 Å². The van der Waals surface area contributed by atoms with Crippen molar-refractivity contribution in [1.82, 2.24) is 20.4 Å². The van der Waals surface area contributed by atoms with Gasteiger partial charge in [-0.15, -0.1) is 0 Å². The van der Waals surface area contributed by atoms with Gasteiger partial charge in [-0.1, -0.05) is 23.2 Å². The third-order valence-electron chi connectivity index (χ3n) is 4.33. The molecule has 0 radical (unpaired) electrons. The number of rotatable bonds is 5. The van der Waals surface area contributed by atoms with Gasteiger partial charge >= 0.3 is 0 Å². The number of nitrogens with zero attached hydrogens (tertiary/aromatic N) is 2. The van der Waals surface area contributed by atoms with Crippen LogP contribution in [0.5, 0.6) is 0 Å². The van der Waals surface area contributed by atoms with Crippen molar-refractivity contribution in [3.05, 3.63) is 46.2 Å². The van der Waals surface area contributed by atoms with E-state index >= 15 is 0 Å². The highest BCUT2D eigenvalue weighted by Crippen LogP contribution is 2.28. The van der Waals surface area contributed by atoms with Gasteiger partial charge in [-0.25, -0.2) is 0 Å². The van der Waals surface area contributed by atoms with Crippen LogP contribution < -0.4 is 16.0 Å². The van der Waals surface area contributed by atoms with E-state index in [0.29, 0.717) is 28.8 Å². The lowest BCUT2D eigenvalue weighted by Crippen LogP contribution is -2.39. The third-order valence-corrected chi connectivity index (χ3v) is 4.89. The molecule has 2 atom stereocenters. The first-order chi connectivity index (χ1) is 12.4. The van der Waals surface area contributed by atoms with Gasteiger partial charge in [0.05, 0.1) is 29.4 Å². The van der Waals surface area contributed by atoms with Gasteiger partial charge in [0.25, 0.3) is 0 Å². The molecule has 9 heteroatoms. The lowest BCUT2D eigenvalue weighted by atomic mass is 9.90. The normalized spacial score (nSPS) is 19.3. The second-order valence-electron chi connectivity index (χ2n) is 6.21. The van der Waals surface area contributed by atoms with Crippen molar-refractivity contribution in [1.29, 1.82) is 0 Å². The van der Waals surface area contributed by atoms with Crippen LogP contribution in [0, 0.1) is 5.92 Å². The maximum absolute atomic E-state index is 12.5. The quantitative estimate of drug-likeness (QED) is 0.719. The zero-order chi connectivity index (χ0) is 18.7. The maximum Gasteiger partial charge on any atom is 0.243 e. The van der Waals surface area contributed by atoms with Gasteiger partial charge in [0.1, 0.15) is 0 Å². The smallest absolute Gasteiger partial charge is 0.243 e. The SMILES string of the molecule is Cn1cc([C@H]2CNC[C@@H]2C(=O)NCC(=O)Nc2cc(Cl)ccc2Cl)cn1. The van der Waals surface area contributed by atoms with Crippen LogP contribution >= 0.6 is 23.2 Å². The Morgan fingerprint density at radius 3 is 2.88 bits per heavy atom. The number of benzene rings is 1. The number of anilines is 1. The average molecular weight is 396 g/mol. The van der Waals surface area contributed by atoms with Crippen LogP contribution in [0.2, 0.25) is 10.0 Å². The molecule has 0 unspecified atom stereocenters. The maximum atomic E-state index is 12.5. The molecule has 1 aliphatic heterocycles. The summed E-state index contributed by atoms with van der Waals surface area (Å²) in [6, 6.07) is 4.79. The Bertz CT molecular complexity index is 823. The summed E-state index contributed by atoms with van der Waals surface area (Å²) in [5.74, 6) is -0.751. The molecule has 3 rings (SSSR count). The van der Waals surface area contributed by atoms with Gasteiger partial charge in [0.2, 0.25) is 11.8 Å². The lowest BCUT2D eigenvalue weighted by Gasteiger charge is -2.17.